The van der Waals surface area contributed by atoms with Gasteiger partial charge in [-0.1, -0.05) is 71.1 Å². The molecule has 0 saturated carbocycles. The Kier molecular flexibility index (Phi) is 20.7. The summed E-state index contributed by atoms with van der Waals surface area (Å²) in [6.45, 7) is 3.95. The number of ether oxygens (including phenoxy) is 1. The molecule has 1 atom stereocenters. The van der Waals surface area contributed by atoms with Crippen LogP contribution >= 0.6 is 0 Å². The van der Waals surface area contributed by atoms with Gasteiger partial charge in [-0.15, -0.1) is 0 Å². The topological polar surface area (TPSA) is 102 Å². The van der Waals surface area contributed by atoms with Gasteiger partial charge in [-0.3, -0.25) is 9.59 Å². The highest BCUT2D eigenvalue weighted by Gasteiger charge is 2.15. The highest BCUT2D eigenvalue weighted by Crippen LogP contribution is 2.11. The van der Waals surface area contributed by atoms with Crippen LogP contribution in [0.1, 0.15) is 110 Å². The molecule has 0 aliphatic heterocycles. The molecule has 0 aliphatic rings. The van der Waals surface area contributed by atoms with Crippen molar-refractivity contribution in [1.29, 1.82) is 0 Å². The predicted molar refractivity (Wildman–Crippen MR) is 119 cm³/mol. The van der Waals surface area contributed by atoms with Gasteiger partial charge in [0.1, 0.15) is 6.04 Å². The van der Waals surface area contributed by atoms with Crippen LogP contribution in [0.2, 0.25) is 0 Å². The third-order valence-electron chi connectivity index (χ3n) is 5.20. The number of esters is 1. The number of carboxylic acid groups (broad SMARTS) is 1. The maximum absolute atomic E-state index is 11.7. The lowest BCUT2D eigenvalue weighted by molar-refractivity contribution is -0.144. The first-order valence-electron chi connectivity index (χ1n) is 11.9. The fraction of sp³-hybridized carbons (Fsp3) is 0.913. The maximum atomic E-state index is 11.7. The summed E-state index contributed by atoms with van der Waals surface area (Å²) >= 11 is 0. The van der Waals surface area contributed by atoms with Crippen molar-refractivity contribution < 1.29 is 19.4 Å². The summed E-state index contributed by atoms with van der Waals surface area (Å²) in [4.78, 5) is 22.8. The minimum Gasteiger partial charge on any atom is -0.480 e. The molecule has 29 heavy (non-hydrogen) atoms. The summed E-state index contributed by atoms with van der Waals surface area (Å²) in [5.74, 6) is -0.879. The molecule has 0 aromatic heterocycles. The number of carbonyl (C=O) groups excluding carboxylic acids is 1. The van der Waals surface area contributed by atoms with Gasteiger partial charge in [0.25, 0.3) is 0 Å². The fourth-order valence-electron chi connectivity index (χ4n) is 3.33. The van der Waals surface area contributed by atoms with Gasteiger partial charge in [-0.05, 0) is 45.2 Å². The lowest BCUT2D eigenvalue weighted by Gasteiger charge is -2.13. The fourth-order valence-corrected chi connectivity index (χ4v) is 3.33. The van der Waals surface area contributed by atoms with Crippen LogP contribution in [0.15, 0.2) is 0 Å². The summed E-state index contributed by atoms with van der Waals surface area (Å²) in [5.41, 5.74) is 5.43. The Hall–Kier alpha value is -1.14. The van der Waals surface area contributed by atoms with Crippen molar-refractivity contribution in [2.45, 2.75) is 116 Å². The number of carboxylic acids is 1. The largest absolute Gasteiger partial charge is 0.480 e. The van der Waals surface area contributed by atoms with Crippen LogP contribution < -0.4 is 11.1 Å². The Labute approximate surface area is 178 Å². The second kappa shape index (κ2) is 21.6. The second-order valence-corrected chi connectivity index (χ2v) is 7.99. The standard InChI is InChI=1S/C23H46N2O4/c1-2-3-4-5-6-7-8-9-12-17-22(26)29-20-14-11-10-13-19-25-21(23(27)28)16-15-18-24/h21,25H,2-20,24H2,1H3,(H,27,28). The van der Waals surface area contributed by atoms with Crippen molar-refractivity contribution in [3.05, 3.63) is 0 Å². The third kappa shape index (κ3) is 19.9. The first kappa shape index (κ1) is 27.9. The molecule has 0 aromatic rings. The van der Waals surface area contributed by atoms with Crippen LogP contribution in [0, 0.1) is 0 Å². The van der Waals surface area contributed by atoms with Crippen molar-refractivity contribution in [3.8, 4) is 0 Å². The number of rotatable bonds is 22. The highest BCUT2D eigenvalue weighted by molar-refractivity contribution is 5.73. The number of hydrogen-bond donors (Lipinski definition) is 3. The van der Waals surface area contributed by atoms with Gasteiger partial charge < -0.3 is 20.9 Å². The number of carbonyl (C=O) groups is 2. The van der Waals surface area contributed by atoms with Crippen molar-refractivity contribution in [2.75, 3.05) is 19.7 Å². The molecule has 0 radical (unpaired) electrons. The Bertz CT molecular complexity index is 391. The number of unbranched alkanes of at least 4 members (excludes halogenated alkanes) is 11. The molecule has 1 unspecified atom stereocenters. The molecule has 0 fully saturated rings. The van der Waals surface area contributed by atoms with E-state index in [4.69, 9.17) is 15.6 Å². The zero-order valence-electron chi connectivity index (χ0n) is 18.8. The molecule has 0 amide bonds. The van der Waals surface area contributed by atoms with Gasteiger partial charge in [-0.25, -0.2) is 0 Å². The zero-order valence-corrected chi connectivity index (χ0v) is 18.8. The van der Waals surface area contributed by atoms with Crippen molar-refractivity contribution in [2.24, 2.45) is 5.73 Å². The van der Waals surface area contributed by atoms with Gasteiger partial charge in [0, 0.05) is 6.42 Å². The maximum Gasteiger partial charge on any atom is 0.320 e. The Balaban J connectivity index is 3.37. The molecule has 0 bridgehead atoms. The predicted octanol–water partition coefficient (Wildman–Crippen LogP) is 4.79. The smallest absolute Gasteiger partial charge is 0.320 e. The molecule has 6 nitrogen and oxygen atoms in total. The summed E-state index contributed by atoms with van der Waals surface area (Å²) < 4.78 is 5.29. The van der Waals surface area contributed by atoms with E-state index in [1.165, 1.54) is 44.9 Å². The molecule has 0 aromatic carbocycles. The van der Waals surface area contributed by atoms with Crippen LogP contribution in [0.4, 0.5) is 0 Å². The molecule has 172 valence electrons. The molecule has 0 spiro atoms. The Morgan fingerprint density at radius 3 is 2.07 bits per heavy atom. The molecule has 6 heteroatoms. The minimum absolute atomic E-state index is 0.0705. The van der Waals surface area contributed by atoms with E-state index in [1.54, 1.807) is 0 Å². The van der Waals surface area contributed by atoms with Crippen molar-refractivity contribution >= 4 is 11.9 Å². The summed E-state index contributed by atoms with van der Waals surface area (Å²) in [7, 11) is 0. The van der Waals surface area contributed by atoms with Crippen molar-refractivity contribution in [1.82, 2.24) is 5.32 Å². The van der Waals surface area contributed by atoms with Crippen LogP contribution in [0.25, 0.3) is 0 Å². The van der Waals surface area contributed by atoms with Crippen LogP contribution in [-0.4, -0.2) is 42.8 Å². The normalized spacial score (nSPS) is 12.1. The monoisotopic (exact) mass is 414 g/mol. The molecular formula is C23H46N2O4. The average Bonchev–Trinajstić information content (AvgIpc) is 2.70. The molecule has 0 saturated heterocycles. The van der Waals surface area contributed by atoms with Crippen molar-refractivity contribution in [3.63, 3.8) is 0 Å². The van der Waals surface area contributed by atoms with E-state index in [9.17, 15) is 9.59 Å². The number of hydrogen-bond acceptors (Lipinski definition) is 5. The van der Waals surface area contributed by atoms with E-state index < -0.39 is 12.0 Å². The van der Waals surface area contributed by atoms with Gasteiger partial charge >= 0.3 is 11.9 Å². The number of aliphatic carboxylic acids is 1. The van der Waals surface area contributed by atoms with E-state index in [1.807, 2.05) is 0 Å². The second-order valence-electron chi connectivity index (χ2n) is 7.99. The van der Waals surface area contributed by atoms with Gasteiger partial charge in [0.05, 0.1) is 6.61 Å². The van der Waals surface area contributed by atoms with Crippen LogP contribution in [0.5, 0.6) is 0 Å². The average molecular weight is 415 g/mol. The first-order chi connectivity index (χ1) is 14.1. The molecule has 0 aliphatic carbocycles. The summed E-state index contributed by atoms with van der Waals surface area (Å²) in [5, 5.41) is 12.2. The summed E-state index contributed by atoms with van der Waals surface area (Å²) in [6, 6.07) is -0.499. The van der Waals surface area contributed by atoms with E-state index in [2.05, 4.69) is 12.2 Å². The minimum atomic E-state index is -0.808. The zero-order chi connectivity index (χ0) is 21.6. The number of nitrogens with two attached hydrogens (primary N) is 1. The quantitative estimate of drug-likeness (QED) is 0.174. The first-order valence-corrected chi connectivity index (χ1v) is 11.9. The van der Waals surface area contributed by atoms with Gasteiger partial charge in [-0.2, -0.15) is 0 Å². The van der Waals surface area contributed by atoms with Crippen LogP contribution in [-0.2, 0) is 14.3 Å². The van der Waals surface area contributed by atoms with E-state index in [0.717, 1.165) is 38.5 Å². The Morgan fingerprint density at radius 2 is 1.45 bits per heavy atom. The SMILES string of the molecule is CCCCCCCCCCCC(=O)OCCCCCCNC(CCCN)C(=O)O. The van der Waals surface area contributed by atoms with Gasteiger partial charge in [0.15, 0.2) is 0 Å². The van der Waals surface area contributed by atoms with Crippen LogP contribution in [0.3, 0.4) is 0 Å². The lowest BCUT2D eigenvalue weighted by atomic mass is 10.1. The lowest BCUT2D eigenvalue weighted by Crippen LogP contribution is -2.37. The van der Waals surface area contributed by atoms with Gasteiger partial charge in [0.2, 0.25) is 0 Å². The van der Waals surface area contributed by atoms with E-state index in [0.29, 0.717) is 39.0 Å². The number of nitrogens with one attached hydrogen (secondary N) is 1. The third-order valence-corrected chi connectivity index (χ3v) is 5.20. The summed E-state index contributed by atoms with van der Waals surface area (Å²) in [6.07, 6.45) is 16.9. The molecule has 4 N–H and O–H groups in total. The molecular weight excluding hydrogens is 368 g/mol. The Morgan fingerprint density at radius 1 is 0.862 bits per heavy atom. The van der Waals surface area contributed by atoms with E-state index in [-0.39, 0.29) is 5.97 Å². The highest BCUT2D eigenvalue weighted by atomic mass is 16.5. The molecule has 0 heterocycles. The van der Waals surface area contributed by atoms with E-state index >= 15 is 0 Å². The molecule has 0 rings (SSSR count).